The number of rotatable bonds is 3. The molecule has 7 heteroatoms. The van der Waals surface area contributed by atoms with Crippen molar-refractivity contribution in [1.29, 1.82) is 0 Å². The molecule has 0 amide bonds. The Hall–Kier alpha value is -3.48. The Bertz CT molecular complexity index is 1090. The fourth-order valence-electron chi connectivity index (χ4n) is 2.81. The quantitative estimate of drug-likeness (QED) is 0.434. The van der Waals surface area contributed by atoms with Crippen LogP contribution in [0.5, 0.6) is 0 Å². The van der Waals surface area contributed by atoms with E-state index in [2.05, 4.69) is 19.9 Å². The summed E-state index contributed by atoms with van der Waals surface area (Å²) in [4.78, 5) is 26.2. The van der Waals surface area contributed by atoms with Crippen LogP contribution in [0.3, 0.4) is 0 Å². The van der Waals surface area contributed by atoms with Gasteiger partial charge >= 0.3 is 0 Å². The number of aromatic amines is 2. The SMILES string of the molecule is Cc1nc(-c2ccccc2-c2nc3ccc([N+](=O)[O-])cc3[nH]2)[nH]c1C. The highest BCUT2D eigenvalue weighted by atomic mass is 16.6. The fourth-order valence-corrected chi connectivity index (χ4v) is 2.81. The lowest BCUT2D eigenvalue weighted by Crippen LogP contribution is -1.88. The van der Waals surface area contributed by atoms with Crippen LogP contribution in [0, 0.1) is 24.0 Å². The Balaban J connectivity index is 1.87. The maximum absolute atomic E-state index is 11.0. The van der Waals surface area contributed by atoms with E-state index in [-0.39, 0.29) is 5.69 Å². The topological polar surface area (TPSA) is 100 Å². The fraction of sp³-hybridized carbons (Fsp3) is 0.111. The number of nitro benzene ring substituents is 1. The molecule has 0 aliphatic rings. The van der Waals surface area contributed by atoms with Crippen molar-refractivity contribution >= 4 is 16.7 Å². The number of H-pyrrole nitrogens is 2. The monoisotopic (exact) mass is 333 g/mol. The largest absolute Gasteiger partial charge is 0.342 e. The molecule has 0 fully saturated rings. The molecule has 0 unspecified atom stereocenters. The molecule has 0 atom stereocenters. The van der Waals surface area contributed by atoms with Crippen molar-refractivity contribution in [2.24, 2.45) is 0 Å². The van der Waals surface area contributed by atoms with Crippen molar-refractivity contribution < 1.29 is 4.92 Å². The first-order valence-electron chi connectivity index (χ1n) is 7.80. The van der Waals surface area contributed by atoms with Gasteiger partial charge < -0.3 is 9.97 Å². The van der Waals surface area contributed by atoms with E-state index in [9.17, 15) is 10.1 Å². The molecular formula is C18H15N5O2. The summed E-state index contributed by atoms with van der Waals surface area (Å²) in [6.07, 6.45) is 0. The highest BCUT2D eigenvalue weighted by Gasteiger charge is 2.15. The normalized spacial score (nSPS) is 11.1. The molecule has 0 bridgehead atoms. The van der Waals surface area contributed by atoms with Gasteiger partial charge in [0.15, 0.2) is 0 Å². The molecule has 4 rings (SSSR count). The van der Waals surface area contributed by atoms with Gasteiger partial charge in [-0.1, -0.05) is 24.3 Å². The minimum Gasteiger partial charge on any atom is -0.342 e. The summed E-state index contributed by atoms with van der Waals surface area (Å²) in [5, 5.41) is 11.0. The molecule has 124 valence electrons. The van der Waals surface area contributed by atoms with Crippen molar-refractivity contribution in [3.8, 4) is 22.8 Å². The molecule has 7 nitrogen and oxygen atoms in total. The summed E-state index contributed by atoms with van der Waals surface area (Å²) < 4.78 is 0. The average Bonchev–Trinajstić information content (AvgIpc) is 3.17. The van der Waals surface area contributed by atoms with E-state index in [1.807, 2.05) is 38.1 Å². The van der Waals surface area contributed by atoms with Crippen molar-refractivity contribution in [1.82, 2.24) is 19.9 Å². The first kappa shape index (κ1) is 15.1. The number of benzene rings is 2. The number of aryl methyl sites for hydroxylation is 2. The zero-order valence-corrected chi connectivity index (χ0v) is 13.7. The second kappa shape index (κ2) is 5.55. The number of hydrogen-bond donors (Lipinski definition) is 2. The maximum Gasteiger partial charge on any atom is 0.271 e. The number of aromatic nitrogens is 4. The standard InChI is InChI=1S/C18H15N5O2/c1-10-11(2)20-17(19-10)13-5-3-4-6-14(13)18-21-15-8-7-12(23(24)25)9-16(15)22-18/h3-9H,1-2H3,(H,19,20)(H,21,22). The summed E-state index contributed by atoms with van der Waals surface area (Å²) in [5.74, 6) is 1.43. The number of nitrogens with one attached hydrogen (secondary N) is 2. The van der Waals surface area contributed by atoms with Crippen molar-refractivity contribution in [3.05, 3.63) is 64.0 Å². The molecule has 2 aromatic heterocycles. The first-order valence-corrected chi connectivity index (χ1v) is 7.80. The van der Waals surface area contributed by atoms with E-state index in [0.29, 0.717) is 16.9 Å². The van der Waals surface area contributed by atoms with E-state index < -0.39 is 4.92 Å². The average molecular weight is 333 g/mol. The van der Waals surface area contributed by atoms with Crippen LogP contribution in [0.15, 0.2) is 42.5 Å². The smallest absolute Gasteiger partial charge is 0.271 e. The third kappa shape index (κ3) is 2.55. The number of non-ortho nitro benzene ring substituents is 1. The summed E-state index contributed by atoms with van der Waals surface area (Å²) in [5.41, 5.74) is 5.12. The molecular weight excluding hydrogens is 318 g/mol. The van der Waals surface area contributed by atoms with Crippen LogP contribution in [0.2, 0.25) is 0 Å². The number of fused-ring (bicyclic) bond motifs is 1. The Kier molecular flexibility index (Phi) is 3.35. The zero-order chi connectivity index (χ0) is 17.6. The van der Waals surface area contributed by atoms with Crippen LogP contribution in [-0.2, 0) is 0 Å². The van der Waals surface area contributed by atoms with Crippen LogP contribution in [0.1, 0.15) is 11.4 Å². The first-order chi connectivity index (χ1) is 12.0. The Labute approximate surface area is 142 Å². The lowest BCUT2D eigenvalue weighted by Gasteiger charge is -2.04. The van der Waals surface area contributed by atoms with E-state index in [4.69, 9.17) is 0 Å². The minimum absolute atomic E-state index is 0.0354. The second-order valence-electron chi connectivity index (χ2n) is 5.89. The molecule has 25 heavy (non-hydrogen) atoms. The predicted molar refractivity (Wildman–Crippen MR) is 95.2 cm³/mol. The Morgan fingerprint density at radius 1 is 0.960 bits per heavy atom. The molecule has 0 spiro atoms. The Morgan fingerprint density at radius 2 is 1.64 bits per heavy atom. The maximum atomic E-state index is 11.0. The minimum atomic E-state index is -0.414. The summed E-state index contributed by atoms with van der Waals surface area (Å²) in [6, 6.07) is 12.4. The van der Waals surface area contributed by atoms with Gasteiger partial charge in [-0.25, -0.2) is 9.97 Å². The number of imidazole rings is 2. The Morgan fingerprint density at radius 3 is 2.24 bits per heavy atom. The van der Waals surface area contributed by atoms with Gasteiger partial charge in [0.25, 0.3) is 5.69 Å². The van der Waals surface area contributed by atoms with E-state index in [1.54, 1.807) is 6.07 Å². The van der Waals surface area contributed by atoms with Crippen molar-refractivity contribution in [2.75, 3.05) is 0 Å². The second-order valence-corrected chi connectivity index (χ2v) is 5.89. The molecule has 0 saturated heterocycles. The van der Waals surface area contributed by atoms with Crippen LogP contribution in [-0.4, -0.2) is 24.9 Å². The lowest BCUT2D eigenvalue weighted by atomic mass is 10.1. The summed E-state index contributed by atoms with van der Waals surface area (Å²) in [7, 11) is 0. The predicted octanol–water partition coefficient (Wildman–Crippen LogP) is 4.15. The van der Waals surface area contributed by atoms with Crippen LogP contribution in [0.25, 0.3) is 33.8 Å². The third-order valence-electron chi connectivity index (χ3n) is 4.24. The van der Waals surface area contributed by atoms with E-state index in [1.165, 1.54) is 12.1 Å². The van der Waals surface area contributed by atoms with Gasteiger partial charge in [0.2, 0.25) is 0 Å². The summed E-state index contributed by atoms with van der Waals surface area (Å²) in [6.45, 7) is 3.94. The molecule has 0 aliphatic carbocycles. The number of nitrogens with zero attached hydrogens (tertiary/aromatic N) is 3. The molecule has 2 N–H and O–H groups in total. The van der Waals surface area contributed by atoms with Gasteiger partial charge in [-0.05, 0) is 19.9 Å². The van der Waals surface area contributed by atoms with Crippen molar-refractivity contribution in [3.63, 3.8) is 0 Å². The molecule has 0 aliphatic heterocycles. The highest BCUT2D eigenvalue weighted by Crippen LogP contribution is 2.31. The van der Waals surface area contributed by atoms with Crippen LogP contribution < -0.4 is 0 Å². The molecule has 2 heterocycles. The lowest BCUT2D eigenvalue weighted by molar-refractivity contribution is -0.384. The number of nitro groups is 1. The molecule has 0 radical (unpaired) electrons. The van der Waals surface area contributed by atoms with Crippen LogP contribution >= 0.6 is 0 Å². The van der Waals surface area contributed by atoms with E-state index >= 15 is 0 Å². The van der Waals surface area contributed by atoms with Gasteiger partial charge in [0.05, 0.1) is 21.7 Å². The van der Waals surface area contributed by atoms with E-state index in [0.717, 1.165) is 28.3 Å². The van der Waals surface area contributed by atoms with Crippen LogP contribution in [0.4, 0.5) is 5.69 Å². The van der Waals surface area contributed by atoms with Gasteiger partial charge in [0, 0.05) is 29.0 Å². The molecule has 4 aromatic rings. The summed E-state index contributed by atoms with van der Waals surface area (Å²) >= 11 is 0. The van der Waals surface area contributed by atoms with Gasteiger partial charge in [-0.2, -0.15) is 0 Å². The molecule has 0 saturated carbocycles. The zero-order valence-electron chi connectivity index (χ0n) is 13.7. The van der Waals surface area contributed by atoms with Gasteiger partial charge in [-0.15, -0.1) is 0 Å². The van der Waals surface area contributed by atoms with Gasteiger partial charge in [0.1, 0.15) is 11.6 Å². The molecule has 2 aromatic carbocycles. The van der Waals surface area contributed by atoms with Gasteiger partial charge in [-0.3, -0.25) is 10.1 Å². The third-order valence-corrected chi connectivity index (χ3v) is 4.24. The highest BCUT2D eigenvalue weighted by molar-refractivity contribution is 5.85. The van der Waals surface area contributed by atoms with Crippen molar-refractivity contribution in [2.45, 2.75) is 13.8 Å². The number of hydrogen-bond acceptors (Lipinski definition) is 4.